The van der Waals surface area contributed by atoms with Crippen LogP contribution in [0.1, 0.15) is 13.8 Å². The zero-order valence-corrected chi connectivity index (χ0v) is 11.2. The van der Waals surface area contributed by atoms with Gasteiger partial charge in [-0.3, -0.25) is 4.79 Å². The van der Waals surface area contributed by atoms with Crippen LogP contribution in [-0.2, 0) is 4.79 Å². The molecule has 0 aliphatic rings. The van der Waals surface area contributed by atoms with Crippen molar-refractivity contribution in [2.75, 3.05) is 26.0 Å². The van der Waals surface area contributed by atoms with Gasteiger partial charge in [-0.15, -0.1) is 0 Å². The lowest BCUT2D eigenvalue weighted by molar-refractivity contribution is -0.126. The highest BCUT2D eigenvalue weighted by Crippen LogP contribution is 2.22. The number of amides is 1. The van der Waals surface area contributed by atoms with Crippen LogP contribution in [0.4, 0.5) is 10.1 Å². The second kappa shape index (κ2) is 6.23. The molecule has 0 spiro atoms. The van der Waals surface area contributed by atoms with Gasteiger partial charge in [0.05, 0.1) is 12.6 Å². The minimum absolute atomic E-state index is 0.0714. The van der Waals surface area contributed by atoms with E-state index in [4.69, 9.17) is 4.74 Å². The maximum atomic E-state index is 13.6. The van der Waals surface area contributed by atoms with Crippen LogP contribution in [0.2, 0.25) is 0 Å². The van der Waals surface area contributed by atoms with Gasteiger partial charge >= 0.3 is 0 Å². The third-order valence-electron chi connectivity index (χ3n) is 2.24. The quantitative estimate of drug-likeness (QED) is 0.875. The second-order valence-corrected chi connectivity index (χ2v) is 4.45. The van der Waals surface area contributed by atoms with Crippen molar-refractivity contribution in [1.82, 2.24) is 4.90 Å². The van der Waals surface area contributed by atoms with E-state index in [0.29, 0.717) is 5.69 Å². The van der Waals surface area contributed by atoms with Crippen LogP contribution in [0.15, 0.2) is 18.2 Å². The summed E-state index contributed by atoms with van der Waals surface area (Å²) >= 11 is 0. The maximum Gasteiger partial charge on any atom is 0.241 e. The molecule has 0 bridgehead atoms. The average Bonchev–Trinajstić information content (AvgIpc) is 2.28. The summed E-state index contributed by atoms with van der Waals surface area (Å²) < 4.78 is 18.9. The Bertz CT molecular complexity index is 419. The number of carbonyl (C=O) groups excluding carboxylic acids is 1. The van der Waals surface area contributed by atoms with Gasteiger partial charge in [-0.05, 0) is 26.0 Å². The molecule has 0 aromatic heterocycles. The van der Waals surface area contributed by atoms with Crippen molar-refractivity contribution in [2.45, 2.75) is 20.0 Å². The number of benzene rings is 1. The molecule has 1 N–H and O–H groups in total. The number of nitrogens with zero attached hydrogens (tertiary/aromatic N) is 1. The van der Waals surface area contributed by atoms with E-state index in [9.17, 15) is 9.18 Å². The molecule has 18 heavy (non-hydrogen) atoms. The summed E-state index contributed by atoms with van der Waals surface area (Å²) in [5.41, 5.74) is 0.554. The van der Waals surface area contributed by atoms with E-state index in [2.05, 4.69) is 5.32 Å². The minimum atomic E-state index is -0.439. The number of ether oxygens (including phenoxy) is 1. The van der Waals surface area contributed by atoms with E-state index in [-0.39, 0.29) is 24.3 Å². The highest BCUT2D eigenvalue weighted by Gasteiger charge is 2.08. The van der Waals surface area contributed by atoms with E-state index >= 15 is 0 Å². The van der Waals surface area contributed by atoms with Crippen LogP contribution < -0.4 is 10.1 Å². The Hall–Kier alpha value is -1.78. The average molecular weight is 254 g/mol. The normalized spacial score (nSPS) is 10.3. The molecule has 0 heterocycles. The molecule has 100 valence electrons. The van der Waals surface area contributed by atoms with Crippen LogP contribution in [0.5, 0.6) is 5.75 Å². The molecule has 1 aromatic carbocycles. The van der Waals surface area contributed by atoms with Gasteiger partial charge in [-0.25, -0.2) is 4.39 Å². The predicted molar refractivity (Wildman–Crippen MR) is 69.3 cm³/mol. The first kappa shape index (κ1) is 14.3. The van der Waals surface area contributed by atoms with Gasteiger partial charge in [0.25, 0.3) is 0 Å². The molecule has 0 saturated heterocycles. The molecular formula is C13H19FN2O2. The van der Waals surface area contributed by atoms with E-state index in [1.165, 1.54) is 11.0 Å². The highest BCUT2D eigenvalue weighted by atomic mass is 19.1. The van der Waals surface area contributed by atoms with E-state index in [1.54, 1.807) is 26.2 Å². The van der Waals surface area contributed by atoms with Crippen molar-refractivity contribution >= 4 is 11.6 Å². The molecule has 0 fully saturated rings. The molecule has 1 aromatic rings. The zero-order chi connectivity index (χ0) is 13.7. The van der Waals surface area contributed by atoms with Crippen molar-refractivity contribution in [1.29, 1.82) is 0 Å². The summed E-state index contributed by atoms with van der Waals surface area (Å²) in [7, 11) is 3.34. The predicted octanol–water partition coefficient (Wildman–Crippen LogP) is 2.11. The summed E-state index contributed by atoms with van der Waals surface area (Å²) in [4.78, 5) is 12.8. The van der Waals surface area contributed by atoms with Crippen LogP contribution in [-0.4, -0.2) is 37.6 Å². The Balaban J connectivity index is 2.64. The third-order valence-corrected chi connectivity index (χ3v) is 2.24. The molecule has 0 saturated carbocycles. The Morgan fingerprint density at radius 3 is 2.61 bits per heavy atom. The lowest BCUT2D eigenvalue weighted by atomic mass is 10.3. The molecule has 0 aliphatic heterocycles. The fraction of sp³-hybridized carbons (Fsp3) is 0.462. The van der Waals surface area contributed by atoms with Crippen LogP contribution in [0.3, 0.4) is 0 Å². The lowest BCUT2D eigenvalue weighted by Gasteiger charge is -2.14. The molecular weight excluding hydrogens is 235 g/mol. The van der Waals surface area contributed by atoms with Gasteiger partial charge in [0.15, 0.2) is 11.6 Å². The summed E-state index contributed by atoms with van der Waals surface area (Å²) in [5.74, 6) is -0.293. The summed E-state index contributed by atoms with van der Waals surface area (Å²) in [6.45, 7) is 3.81. The third kappa shape index (κ3) is 4.24. The number of hydrogen-bond acceptors (Lipinski definition) is 3. The number of nitrogens with one attached hydrogen (secondary N) is 1. The number of halogens is 1. The Morgan fingerprint density at radius 2 is 2.11 bits per heavy atom. The second-order valence-electron chi connectivity index (χ2n) is 4.45. The fourth-order valence-corrected chi connectivity index (χ4v) is 1.30. The van der Waals surface area contributed by atoms with Gasteiger partial charge in [-0.1, -0.05) is 0 Å². The van der Waals surface area contributed by atoms with E-state index in [1.807, 2.05) is 13.8 Å². The smallest absolute Gasteiger partial charge is 0.241 e. The fourth-order valence-electron chi connectivity index (χ4n) is 1.30. The van der Waals surface area contributed by atoms with Gasteiger partial charge < -0.3 is 15.0 Å². The van der Waals surface area contributed by atoms with Crippen molar-refractivity contribution in [3.8, 4) is 5.75 Å². The molecule has 4 nitrogen and oxygen atoms in total. The summed E-state index contributed by atoms with van der Waals surface area (Å²) in [5, 5.41) is 2.86. The number of anilines is 1. The monoisotopic (exact) mass is 254 g/mol. The first-order valence-corrected chi connectivity index (χ1v) is 5.80. The van der Waals surface area contributed by atoms with E-state index < -0.39 is 5.82 Å². The van der Waals surface area contributed by atoms with Crippen molar-refractivity contribution < 1.29 is 13.9 Å². The van der Waals surface area contributed by atoms with Crippen molar-refractivity contribution in [3.63, 3.8) is 0 Å². The van der Waals surface area contributed by atoms with Gasteiger partial charge in [-0.2, -0.15) is 0 Å². The molecule has 1 rings (SSSR count). The SMILES string of the molecule is CC(C)Oc1ccc(NCC(=O)N(C)C)cc1F. The van der Waals surface area contributed by atoms with E-state index in [0.717, 1.165) is 0 Å². The number of rotatable bonds is 5. The maximum absolute atomic E-state index is 13.6. The molecule has 1 amide bonds. The van der Waals surface area contributed by atoms with Crippen LogP contribution >= 0.6 is 0 Å². The number of hydrogen-bond donors (Lipinski definition) is 1. The summed E-state index contributed by atoms with van der Waals surface area (Å²) in [6.07, 6.45) is -0.0753. The van der Waals surface area contributed by atoms with Crippen LogP contribution in [0, 0.1) is 5.82 Å². The first-order chi connectivity index (χ1) is 8.40. The standard InChI is InChI=1S/C13H19FN2O2/c1-9(2)18-12-6-5-10(7-11(12)14)15-8-13(17)16(3)4/h5-7,9,15H,8H2,1-4H3. The Kier molecular flexibility index (Phi) is 4.95. The van der Waals surface area contributed by atoms with Crippen LogP contribution in [0.25, 0.3) is 0 Å². The minimum Gasteiger partial charge on any atom is -0.488 e. The van der Waals surface area contributed by atoms with Gasteiger partial charge in [0.1, 0.15) is 0 Å². The lowest BCUT2D eigenvalue weighted by Crippen LogP contribution is -2.28. The number of likely N-dealkylation sites (N-methyl/N-ethyl adjacent to an activating group) is 1. The molecule has 0 radical (unpaired) electrons. The molecule has 0 atom stereocenters. The molecule has 5 heteroatoms. The Labute approximate surface area is 107 Å². The number of carbonyl (C=O) groups is 1. The van der Waals surface area contributed by atoms with Crippen molar-refractivity contribution in [2.24, 2.45) is 0 Å². The summed E-state index contributed by atoms with van der Waals surface area (Å²) in [6, 6.07) is 4.56. The first-order valence-electron chi connectivity index (χ1n) is 5.80. The molecule has 0 unspecified atom stereocenters. The highest BCUT2D eigenvalue weighted by molar-refractivity contribution is 5.80. The van der Waals surface area contributed by atoms with Gasteiger partial charge in [0, 0.05) is 25.8 Å². The zero-order valence-electron chi connectivity index (χ0n) is 11.2. The molecule has 0 aliphatic carbocycles. The Morgan fingerprint density at radius 1 is 1.44 bits per heavy atom. The van der Waals surface area contributed by atoms with Gasteiger partial charge in [0.2, 0.25) is 5.91 Å². The topological polar surface area (TPSA) is 41.6 Å². The van der Waals surface area contributed by atoms with Crippen molar-refractivity contribution in [3.05, 3.63) is 24.0 Å². The largest absolute Gasteiger partial charge is 0.488 e.